The zero-order chi connectivity index (χ0) is 13.1. The Kier molecular flexibility index (Phi) is 3.98. The molecule has 0 bridgehead atoms. The largest absolute Gasteiger partial charge is 0.329 e. The quantitative estimate of drug-likeness (QED) is 0.851. The number of aromatic amines is 1. The van der Waals surface area contributed by atoms with Gasteiger partial charge in [0.05, 0.1) is 5.69 Å². The van der Waals surface area contributed by atoms with Gasteiger partial charge < -0.3 is 10.3 Å². The summed E-state index contributed by atoms with van der Waals surface area (Å²) in [5, 5.41) is 2.74. The van der Waals surface area contributed by atoms with Crippen molar-refractivity contribution in [2.45, 2.75) is 0 Å². The topological polar surface area (TPSA) is 62.0 Å². The number of H-pyrrole nitrogens is 1. The lowest BCUT2D eigenvalue weighted by Crippen LogP contribution is -2.16. The zero-order valence-corrected chi connectivity index (χ0v) is 12.2. The van der Waals surface area contributed by atoms with E-state index in [9.17, 15) is 9.59 Å². The SMILES string of the molecule is O=C(Nc1c(Br)cccc1Br)c1cc[nH]c(=O)c1. The van der Waals surface area contributed by atoms with Gasteiger partial charge >= 0.3 is 0 Å². The summed E-state index contributed by atoms with van der Waals surface area (Å²) >= 11 is 6.70. The highest BCUT2D eigenvalue weighted by molar-refractivity contribution is 9.11. The van der Waals surface area contributed by atoms with Crippen LogP contribution in [0, 0.1) is 0 Å². The molecule has 18 heavy (non-hydrogen) atoms. The molecule has 0 fully saturated rings. The van der Waals surface area contributed by atoms with Crippen molar-refractivity contribution < 1.29 is 4.79 Å². The van der Waals surface area contributed by atoms with Crippen LogP contribution in [0.1, 0.15) is 10.4 Å². The first-order valence-corrected chi connectivity index (χ1v) is 6.60. The van der Waals surface area contributed by atoms with Crippen molar-refractivity contribution in [2.24, 2.45) is 0 Å². The van der Waals surface area contributed by atoms with E-state index in [0.29, 0.717) is 11.3 Å². The van der Waals surface area contributed by atoms with Gasteiger partial charge in [0.15, 0.2) is 0 Å². The highest BCUT2D eigenvalue weighted by Crippen LogP contribution is 2.30. The van der Waals surface area contributed by atoms with Gasteiger partial charge in [0.2, 0.25) is 5.56 Å². The van der Waals surface area contributed by atoms with Gasteiger partial charge in [0, 0.05) is 26.8 Å². The highest BCUT2D eigenvalue weighted by Gasteiger charge is 2.10. The number of amides is 1. The Hall–Kier alpha value is -1.40. The first kappa shape index (κ1) is 13.0. The van der Waals surface area contributed by atoms with Crippen LogP contribution >= 0.6 is 31.9 Å². The molecule has 0 atom stereocenters. The molecule has 92 valence electrons. The van der Waals surface area contributed by atoms with Crippen LogP contribution in [-0.2, 0) is 0 Å². The van der Waals surface area contributed by atoms with Crippen LogP contribution in [0.3, 0.4) is 0 Å². The van der Waals surface area contributed by atoms with Gasteiger partial charge in [-0.3, -0.25) is 9.59 Å². The monoisotopic (exact) mass is 370 g/mol. The van der Waals surface area contributed by atoms with E-state index >= 15 is 0 Å². The van der Waals surface area contributed by atoms with E-state index in [1.807, 2.05) is 18.2 Å². The molecule has 0 aliphatic rings. The summed E-state index contributed by atoms with van der Waals surface area (Å²) < 4.78 is 1.52. The third-order valence-corrected chi connectivity index (χ3v) is 3.56. The van der Waals surface area contributed by atoms with Crippen molar-refractivity contribution in [3.8, 4) is 0 Å². The van der Waals surface area contributed by atoms with Gasteiger partial charge in [-0.05, 0) is 50.1 Å². The van der Waals surface area contributed by atoms with Gasteiger partial charge in [-0.25, -0.2) is 0 Å². The van der Waals surface area contributed by atoms with E-state index in [2.05, 4.69) is 42.2 Å². The lowest BCUT2D eigenvalue weighted by Gasteiger charge is -2.09. The van der Waals surface area contributed by atoms with Crippen molar-refractivity contribution >= 4 is 43.5 Å². The average molecular weight is 372 g/mol. The Balaban J connectivity index is 2.30. The molecule has 0 aliphatic heterocycles. The number of pyridine rings is 1. The second kappa shape index (κ2) is 5.49. The molecule has 0 aliphatic carbocycles. The van der Waals surface area contributed by atoms with Gasteiger partial charge in [-0.1, -0.05) is 6.07 Å². The first-order valence-electron chi connectivity index (χ1n) is 5.02. The predicted molar refractivity (Wildman–Crippen MR) is 76.9 cm³/mol. The third-order valence-electron chi connectivity index (χ3n) is 2.24. The number of benzene rings is 1. The number of carbonyl (C=O) groups excluding carboxylic acids is 1. The van der Waals surface area contributed by atoms with Crippen LogP contribution in [0.25, 0.3) is 0 Å². The number of hydrogen-bond donors (Lipinski definition) is 2. The van der Waals surface area contributed by atoms with Crippen molar-refractivity contribution in [1.82, 2.24) is 4.98 Å². The number of hydrogen-bond acceptors (Lipinski definition) is 2. The molecule has 1 aromatic heterocycles. The normalized spacial score (nSPS) is 10.1. The molecule has 0 spiro atoms. The van der Waals surface area contributed by atoms with Crippen LogP contribution < -0.4 is 10.9 Å². The van der Waals surface area contributed by atoms with Crippen molar-refractivity contribution in [1.29, 1.82) is 0 Å². The number of nitrogens with one attached hydrogen (secondary N) is 2. The van der Waals surface area contributed by atoms with Crippen molar-refractivity contribution in [3.63, 3.8) is 0 Å². The molecular weight excluding hydrogens is 364 g/mol. The Morgan fingerprint density at radius 1 is 1.17 bits per heavy atom. The molecule has 1 heterocycles. The minimum absolute atomic E-state index is 0.307. The molecule has 0 unspecified atom stereocenters. The van der Waals surface area contributed by atoms with E-state index in [0.717, 1.165) is 8.95 Å². The molecular formula is C12H8Br2N2O2. The summed E-state index contributed by atoms with van der Waals surface area (Å²) in [7, 11) is 0. The number of halogens is 2. The molecule has 1 amide bonds. The lowest BCUT2D eigenvalue weighted by molar-refractivity contribution is 0.102. The Bertz CT molecular complexity index is 632. The summed E-state index contributed by atoms with van der Waals surface area (Å²) in [4.78, 5) is 25.6. The predicted octanol–water partition coefficient (Wildman–Crippen LogP) is 3.15. The first-order chi connectivity index (χ1) is 8.58. The maximum atomic E-state index is 12.0. The van der Waals surface area contributed by atoms with Gasteiger partial charge in [-0.2, -0.15) is 0 Å². The second-order valence-corrected chi connectivity index (χ2v) is 5.20. The fourth-order valence-corrected chi connectivity index (χ4v) is 2.59. The van der Waals surface area contributed by atoms with Crippen molar-refractivity contribution in [3.05, 3.63) is 61.4 Å². The summed E-state index contributed by atoms with van der Waals surface area (Å²) in [6.45, 7) is 0. The van der Waals surface area contributed by atoms with Crippen LogP contribution in [0.2, 0.25) is 0 Å². The number of aromatic nitrogens is 1. The van der Waals surface area contributed by atoms with E-state index in [4.69, 9.17) is 0 Å². The Morgan fingerprint density at radius 3 is 2.44 bits per heavy atom. The summed E-state index contributed by atoms with van der Waals surface area (Å²) in [6, 6.07) is 8.27. The summed E-state index contributed by atoms with van der Waals surface area (Å²) in [5.41, 5.74) is 0.623. The van der Waals surface area contributed by atoms with Crippen LogP contribution in [0.15, 0.2) is 50.3 Å². The van der Waals surface area contributed by atoms with Crippen LogP contribution in [0.5, 0.6) is 0 Å². The third kappa shape index (κ3) is 2.88. The van der Waals surface area contributed by atoms with Crippen LogP contribution in [0.4, 0.5) is 5.69 Å². The fourth-order valence-electron chi connectivity index (χ4n) is 1.39. The van der Waals surface area contributed by atoms with E-state index in [1.54, 1.807) is 6.07 Å². The standard InChI is InChI=1S/C12H8Br2N2O2/c13-8-2-1-3-9(14)11(8)16-12(18)7-4-5-15-10(17)6-7/h1-6H,(H,15,17)(H,16,18). The number of anilines is 1. The molecule has 0 saturated heterocycles. The minimum Gasteiger partial charge on any atom is -0.329 e. The van der Waals surface area contributed by atoms with E-state index in [-0.39, 0.29) is 11.5 Å². The summed E-state index contributed by atoms with van der Waals surface area (Å²) in [5.74, 6) is -0.339. The number of carbonyl (C=O) groups is 1. The zero-order valence-electron chi connectivity index (χ0n) is 9.04. The van der Waals surface area contributed by atoms with Gasteiger partial charge in [0.25, 0.3) is 5.91 Å². The maximum absolute atomic E-state index is 12.0. The molecule has 0 radical (unpaired) electrons. The molecule has 6 heteroatoms. The molecule has 4 nitrogen and oxygen atoms in total. The smallest absolute Gasteiger partial charge is 0.255 e. The minimum atomic E-state index is -0.339. The Labute approximate surface area is 120 Å². The van der Waals surface area contributed by atoms with Crippen LogP contribution in [-0.4, -0.2) is 10.9 Å². The highest BCUT2D eigenvalue weighted by atomic mass is 79.9. The second-order valence-electron chi connectivity index (χ2n) is 3.49. The van der Waals surface area contributed by atoms with E-state index in [1.165, 1.54) is 12.3 Å². The lowest BCUT2D eigenvalue weighted by atomic mass is 10.2. The average Bonchev–Trinajstić information content (AvgIpc) is 2.34. The van der Waals surface area contributed by atoms with Crippen molar-refractivity contribution in [2.75, 3.05) is 5.32 Å². The molecule has 2 N–H and O–H groups in total. The molecule has 1 aromatic carbocycles. The molecule has 2 rings (SSSR count). The number of para-hydroxylation sites is 1. The van der Waals surface area contributed by atoms with E-state index < -0.39 is 0 Å². The Morgan fingerprint density at radius 2 is 1.83 bits per heavy atom. The number of rotatable bonds is 2. The van der Waals surface area contributed by atoms with Gasteiger partial charge in [0.1, 0.15) is 0 Å². The van der Waals surface area contributed by atoms with Gasteiger partial charge in [-0.15, -0.1) is 0 Å². The molecule has 2 aromatic rings. The molecule has 0 saturated carbocycles. The summed E-state index contributed by atoms with van der Waals surface area (Å²) in [6.07, 6.45) is 1.44. The maximum Gasteiger partial charge on any atom is 0.255 e. The fraction of sp³-hybridized carbons (Fsp3) is 0.